The number of anilines is 1. The zero-order chi connectivity index (χ0) is 12.6. The van der Waals surface area contributed by atoms with Crippen molar-refractivity contribution < 1.29 is 5.11 Å². The highest BCUT2D eigenvalue weighted by Gasteiger charge is 2.18. The minimum absolute atomic E-state index is 0.329. The standard InChI is InChI=1S/C13H22N4O/c18-10-12-3-1-7-17(9-12)8-2-5-15-13-4-6-14-11-16-13/h4,6,11-12,18H,1-3,5,7-10H2,(H,14,15,16). The van der Waals surface area contributed by atoms with E-state index < -0.39 is 0 Å². The van der Waals surface area contributed by atoms with Crippen LogP contribution in [0, 0.1) is 5.92 Å². The van der Waals surface area contributed by atoms with Gasteiger partial charge in [-0.05, 0) is 44.3 Å². The van der Waals surface area contributed by atoms with Crippen LogP contribution in [-0.2, 0) is 0 Å². The van der Waals surface area contributed by atoms with Crippen LogP contribution in [0.3, 0.4) is 0 Å². The smallest absolute Gasteiger partial charge is 0.129 e. The summed E-state index contributed by atoms with van der Waals surface area (Å²) in [4.78, 5) is 10.5. The molecule has 5 heteroatoms. The van der Waals surface area contributed by atoms with Crippen LogP contribution < -0.4 is 5.32 Å². The van der Waals surface area contributed by atoms with Gasteiger partial charge in [-0.15, -0.1) is 0 Å². The Morgan fingerprint density at radius 1 is 1.50 bits per heavy atom. The van der Waals surface area contributed by atoms with Gasteiger partial charge in [-0.1, -0.05) is 0 Å². The molecule has 1 saturated heterocycles. The largest absolute Gasteiger partial charge is 0.396 e. The minimum atomic E-state index is 0.329. The predicted octanol–water partition coefficient (Wildman–Crippen LogP) is 0.983. The van der Waals surface area contributed by atoms with Gasteiger partial charge in [-0.3, -0.25) is 0 Å². The monoisotopic (exact) mass is 250 g/mol. The Bertz CT molecular complexity index is 333. The van der Waals surface area contributed by atoms with Gasteiger partial charge in [0.15, 0.2) is 0 Å². The highest BCUT2D eigenvalue weighted by molar-refractivity contribution is 5.31. The number of rotatable bonds is 6. The van der Waals surface area contributed by atoms with Gasteiger partial charge < -0.3 is 15.3 Å². The lowest BCUT2D eigenvalue weighted by atomic mass is 9.99. The lowest BCUT2D eigenvalue weighted by Gasteiger charge is -2.31. The molecule has 1 aromatic heterocycles. The van der Waals surface area contributed by atoms with E-state index in [1.165, 1.54) is 19.4 Å². The molecule has 2 heterocycles. The van der Waals surface area contributed by atoms with E-state index in [4.69, 9.17) is 0 Å². The maximum atomic E-state index is 9.18. The molecule has 1 aromatic rings. The zero-order valence-corrected chi connectivity index (χ0v) is 10.8. The van der Waals surface area contributed by atoms with Gasteiger partial charge in [-0.25, -0.2) is 9.97 Å². The Kier molecular flexibility index (Phi) is 5.36. The molecular weight excluding hydrogens is 228 g/mol. The molecule has 0 amide bonds. The van der Waals surface area contributed by atoms with Gasteiger partial charge in [0.25, 0.3) is 0 Å². The second-order valence-corrected chi connectivity index (χ2v) is 4.87. The van der Waals surface area contributed by atoms with Crippen molar-refractivity contribution in [2.24, 2.45) is 5.92 Å². The van der Waals surface area contributed by atoms with Crippen LogP contribution in [0.15, 0.2) is 18.6 Å². The quantitative estimate of drug-likeness (QED) is 0.737. The third kappa shape index (κ3) is 4.23. The molecule has 1 unspecified atom stereocenters. The Morgan fingerprint density at radius 2 is 2.44 bits per heavy atom. The van der Waals surface area contributed by atoms with E-state index in [0.717, 1.165) is 31.9 Å². The topological polar surface area (TPSA) is 61.3 Å². The van der Waals surface area contributed by atoms with E-state index >= 15 is 0 Å². The third-order valence-corrected chi connectivity index (χ3v) is 3.40. The van der Waals surface area contributed by atoms with Crippen LogP contribution in [0.5, 0.6) is 0 Å². The molecule has 0 saturated carbocycles. The Hall–Kier alpha value is -1.20. The Balaban J connectivity index is 1.60. The van der Waals surface area contributed by atoms with Crippen LogP contribution in [0.1, 0.15) is 19.3 Å². The summed E-state index contributed by atoms with van der Waals surface area (Å²) >= 11 is 0. The average molecular weight is 250 g/mol. The van der Waals surface area contributed by atoms with Crippen LogP contribution in [0.25, 0.3) is 0 Å². The fraction of sp³-hybridized carbons (Fsp3) is 0.692. The number of aliphatic hydroxyl groups excluding tert-OH is 1. The first-order valence-corrected chi connectivity index (χ1v) is 6.71. The number of hydrogen-bond donors (Lipinski definition) is 2. The summed E-state index contributed by atoms with van der Waals surface area (Å²) in [6.07, 6.45) is 6.78. The van der Waals surface area contributed by atoms with Crippen molar-refractivity contribution in [3.8, 4) is 0 Å². The van der Waals surface area contributed by atoms with Gasteiger partial charge in [0.1, 0.15) is 12.1 Å². The molecule has 2 N–H and O–H groups in total. The molecule has 18 heavy (non-hydrogen) atoms. The Morgan fingerprint density at radius 3 is 3.22 bits per heavy atom. The van der Waals surface area contributed by atoms with Crippen LogP contribution in [0.2, 0.25) is 0 Å². The predicted molar refractivity (Wildman–Crippen MR) is 71.4 cm³/mol. The normalized spacial score (nSPS) is 20.8. The first-order chi connectivity index (χ1) is 8.88. The first-order valence-electron chi connectivity index (χ1n) is 6.71. The van der Waals surface area contributed by atoms with Gasteiger partial charge in [0.05, 0.1) is 0 Å². The average Bonchev–Trinajstić information content (AvgIpc) is 2.45. The Labute approximate surface area is 108 Å². The summed E-state index contributed by atoms with van der Waals surface area (Å²) in [5, 5.41) is 12.5. The number of nitrogens with zero attached hydrogens (tertiary/aromatic N) is 3. The van der Waals surface area contributed by atoms with Gasteiger partial charge in [-0.2, -0.15) is 0 Å². The number of hydrogen-bond acceptors (Lipinski definition) is 5. The molecule has 0 aromatic carbocycles. The summed E-state index contributed by atoms with van der Waals surface area (Å²) in [5.41, 5.74) is 0. The second kappa shape index (κ2) is 7.28. The SMILES string of the molecule is OCC1CCCN(CCCNc2ccncn2)C1. The van der Waals surface area contributed by atoms with Crippen molar-refractivity contribution in [1.82, 2.24) is 14.9 Å². The van der Waals surface area contributed by atoms with E-state index in [1.54, 1.807) is 12.5 Å². The number of aromatic nitrogens is 2. The minimum Gasteiger partial charge on any atom is -0.396 e. The zero-order valence-electron chi connectivity index (χ0n) is 10.8. The molecule has 1 aliphatic heterocycles. The summed E-state index contributed by atoms with van der Waals surface area (Å²) in [6, 6.07) is 1.88. The maximum Gasteiger partial charge on any atom is 0.129 e. The van der Waals surface area contributed by atoms with Crippen molar-refractivity contribution in [2.75, 3.05) is 38.1 Å². The lowest BCUT2D eigenvalue weighted by Crippen LogP contribution is -2.37. The molecule has 0 bridgehead atoms. The molecule has 1 atom stereocenters. The maximum absolute atomic E-state index is 9.18. The van der Waals surface area contributed by atoms with Crippen molar-refractivity contribution in [1.29, 1.82) is 0 Å². The van der Waals surface area contributed by atoms with Gasteiger partial charge in [0, 0.05) is 25.9 Å². The van der Waals surface area contributed by atoms with Gasteiger partial charge >= 0.3 is 0 Å². The number of nitrogens with one attached hydrogen (secondary N) is 1. The molecular formula is C13H22N4O. The molecule has 0 spiro atoms. The van der Waals surface area contributed by atoms with Crippen molar-refractivity contribution in [2.45, 2.75) is 19.3 Å². The highest BCUT2D eigenvalue weighted by atomic mass is 16.3. The first kappa shape index (κ1) is 13.2. The fourth-order valence-corrected chi connectivity index (χ4v) is 2.42. The molecule has 5 nitrogen and oxygen atoms in total. The summed E-state index contributed by atoms with van der Waals surface area (Å²) in [7, 11) is 0. The molecule has 2 rings (SSSR count). The number of likely N-dealkylation sites (tertiary alicyclic amines) is 1. The highest BCUT2D eigenvalue weighted by Crippen LogP contribution is 2.15. The van der Waals surface area contributed by atoms with Crippen molar-refractivity contribution >= 4 is 5.82 Å². The third-order valence-electron chi connectivity index (χ3n) is 3.40. The van der Waals surface area contributed by atoms with E-state index in [2.05, 4.69) is 20.2 Å². The van der Waals surface area contributed by atoms with E-state index in [9.17, 15) is 5.11 Å². The van der Waals surface area contributed by atoms with E-state index in [1.807, 2.05) is 6.07 Å². The summed E-state index contributed by atoms with van der Waals surface area (Å²) in [6.45, 7) is 4.57. The van der Waals surface area contributed by atoms with E-state index in [0.29, 0.717) is 12.5 Å². The molecule has 1 aliphatic rings. The second-order valence-electron chi connectivity index (χ2n) is 4.87. The van der Waals surface area contributed by atoms with Crippen LogP contribution in [0.4, 0.5) is 5.82 Å². The molecule has 0 radical (unpaired) electrons. The van der Waals surface area contributed by atoms with Crippen LogP contribution in [-0.4, -0.2) is 52.8 Å². The fourth-order valence-electron chi connectivity index (χ4n) is 2.42. The van der Waals surface area contributed by atoms with Crippen LogP contribution >= 0.6 is 0 Å². The number of aliphatic hydroxyl groups is 1. The lowest BCUT2D eigenvalue weighted by molar-refractivity contribution is 0.120. The number of piperidine rings is 1. The van der Waals surface area contributed by atoms with Crippen molar-refractivity contribution in [3.05, 3.63) is 18.6 Å². The summed E-state index contributed by atoms with van der Waals surface area (Å²) < 4.78 is 0. The van der Waals surface area contributed by atoms with Crippen molar-refractivity contribution in [3.63, 3.8) is 0 Å². The van der Waals surface area contributed by atoms with E-state index in [-0.39, 0.29) is 0 Å². The summed E-state index contributed by atoms with van der Waals surface area (Å²) in [5.74, 6) is 1.37. The molecule has 1 fully saturated rings. The molecule has 0 aliphatic carbocycles. The molecule has 100 valence electrons. The van der Waals surface area contributed by atoms with Gasteiger partial charge in [0.2, 0.25) is 0 Å².